The van der Waals surface area contributed by atoms with Crippen molar-refractivity contribution in [2.45, 2.75) is 18.7 Å². The van der Waals surface area contributed by atoms with Gasteiger partial charge in [0.25, 0.3) is 0 Å². The standard InChI is InChI=1S/C19H18Cl2N4O2S/c1-12-3-8-15(21)16(9-12)27-10-17-23-24-19(25(17)2)28-11-18(26)22-14-6-4-13(20)5-7-14/h3-9H,10-11H2,1-2H3,(H,22,26). The van der Waals surface area contributed by atoms with Gasteiger partial charge in [-0.2, -0.15) is 0 Å². The van der Waals surface area contributed by atoms with Gasteiger partial charge in [-0.15, -0.1) is 10.2 Å². The summed E-state index contributed by atoms with van der Waals surface area (Å²) < 4.78 is 7.55. The largest absolute Gasteiger partial charge is 0.484 e. The van der Waals surface area contributed by atoms with Crippen molar-refractivity contribution < 1.29 is 9.53 Å². The molecule has 0 aliphatic heterocycles. The number of halogens is 2. The number of amides is 1. The summed E-state index contributed by atoms with van der Waals surface area (Å²) in [6.07, 6.45) is 0. The third-order valence-electron chi connectivity index (χ3n) is 3.83. The van der Waals surface area contributed by atoms with Gasteiger partial charge < -0.3 is 14.6 Å². The number of hydrogen-bond donors (Lipinski definition) is 1. The Morgan fingerprint density at radius 3 is 2.68 bits per heavy atom. The van der Waals surface area contributed by atoms with Crippen molar-refractivity contribution in [1.82, 2.24) is 14.8 Å². The number of ether oxygens (including phenoxy) is 1. The van der Waals surface area contributed by atoms with Crippen LogP contribution in [0.1, 0.15) is 11.4 Å². The SMILES string of the molecule is Cc1ccc(Cl)c(OCc2nnc(SCC(=O)Nc3ccc(Cl)cc3)n2C)c1. The van der Waals surface area contributed by atoms with E-state index in [0.29, 0.717) is 32.5 Å². The molecule has 0 aliphatic rings. The molecule has 0 saturated carbocycles. The maximum absolute atomic E-state index is 12.1. The number of nitrogens with zero attached hydrogens (tertiary/aromatic N) is 3. The van der Waals surface area contributed by atoms with Crippen LogP contribution in [0.3, 0.4) is 0 Å². The number of rotatable bonds is 7. The molecule has 0 radical (unpaired) electrons. The van der Waals surface area contributed by atoms with Gasteiger partial charge in [-0.05, 0) is 48.9 Å². The first-order valence-corrected chi connectivity index (χ1v) is 10.1. The Morgan fingerprint density at radius 1 is 1.18 bits per heavy atom. The monoisotopic (exact) mass is 436 g/mol. The molecule has 1 aromatic heterocycles. The fourth-order valence-electron chi connectivity index (χ4n) is 2.32. The molecule has 28 heavy (non-hydrogen) atoms. The molecule has 0 bridgehead atoms. The minimum atomic E-state index is -0.139. The van der Waals surface area contributed by atoms with E-state index >= 15 is 0 Å². The molecule has 9 heteroatoms. The zero-order valence-corrected chi connectivity index (χ0v) is 17.6. The first-order chi connectivity index (χ1) is 13.4. The number of benzene rings is 2. The third kappa shape index (κ3) is 5.41. The third-order valence-corrected chi connectivity index (χ3v) is 5.41. The van der Waals surface area contributed by atoms with E-state index in [1.165, 1.54) is 11.8 Å². The lowest BCUT2D eigenvalue weighted by atomic mass is 10.2. The van der Waals surface area contributed by atoms with Crippen LogP contribution >= 0.6 is 35.0 Å². The van der Waals surface area contributed by atoms with Gasteiger partial charge in [-0.1, -0.05) is 41.0 Å². The highest BCUT2D eigenvalue weighted by Crippen LogP contribution is 2.26. The van der Waals surface area contributed by atoms with Crippen LogP contribution in [0.4, 0.5) is 5.69 Å². The highest BCUT2D eigenvalue weighted by molar-refractivity contribution is 7.99. The summed E-state index contributed by atoms with van der Waals surface area (Å²) in [5.41, 5.74) is 1.75. The molecule has 1 heterocycles. The molecule has 3 aromatic rings. The molecule has 2 aromatic carbocycles. The number of thioether (sulfide) groups is 1. The number of hydrogen-bond acceptors (Lipinski definition) is 5. The summed E-state index contributed by atoms with van der Waals surface area (Å²) in [5, 5.41) is 12.9. The molecular formula is C19H18Cl2N4O2S. The lowest BCUT2D eigenvalue weighted by Gasteiger charge is -2.09. The summed E-state index contributed by atoms with van der Waals surface area (Å²) in [4.78, 5) is 12.1. The predicted molar refractivity (Wildman–Crippen MR) is 112 cm³/mol. The van der Waals surface area contributed by atoms with Gasteiger partial charge in [0.2, 0.25) is 5.91 Å². The summed E-state index contributed by atoms with van der Waals surface area (Å²) in [7, 11) is 1.83. The van der Waals surface area contributed by atoms with Crippen molar-refractivity contribution in [2.75, 3.05) is 11.1 Å². The van der Waals surface area contributed by atoms with Crippen molar-refractivity contribution in [3.8, 4) is 5.75 Å². The maximum atomic E-state index is 12.1. The number of aryl methyl sites for hydroxylation is 1. The highest BCUT2D eigenvalue weighted by atomic mass is 35.5. The Kier molecular flexibility index (Phi) is 6.83. The van der Waals surface area contributed by atoms with E-state index in [1.54, 1.807) is 34.9 Å². The zero-order valence-electron chi connectivity index (χ0n) is 15.3. The number of carbonyl (C=O) groups is 1. The van der Waals surface area contributed by atoms with Crippen molar-refractivity contribution in [3.05, 3.63) is 63.9 Å². The zero-order chi connectivity index (χ0) is 20.1. The van der Waals surface area contributed by atoms with Gasteiger partial charge in [0, 0.05) is 17.8 Å². The van der Waals surface area contributed by atoms with Crippen LogP contribution in [-0.4, -0.2) is 26.4 Å². The Morgan fingerprint density at radius 2 is 1.93 bits per heavy atom. The fourth-order valence-corrected chi connectivity index (χ4v) is 3.35. The van der Waals surface area contributed by atoms with Crippen LogP contribution in [0.15, 0.2) is 47.6 Å². The number of carbonyl (C=O) groups excluding carboxylic acids is 1. The van der Waals surface area contributed by atoms with E-state index in [0.717, 1.165) is 5.56 Å². The Balaban J connectivity index is 1.54. The molecule has 6 nitrogen and oxygen atoms in total. The average molecular weight is 437 g/mol. The lowest BCUT2D eigenvalue weighted by molar-refractivity contribution is -0.113. The molecule has 146 valence electrons. The lowest BCUT2D eigenvalue weighted by Crippen LogP contribution is -2.14. The number of anilines is 1. The Hall–Kier alpha value is -2.22. The minimum absolute atomic E-state index is 0.139. The first-order valence-electron chi connectivity index (χ1n) is 8.38. The molecule has 0 spiro atoms. The van der Waals surface area contributed by atoms with Crippen LogP contribution in [0.2, 0.25) is 10.0 Å². The van der Waals surface area contributed by atoms with Crippen LogP contribution in [0.5, 0.6) is 5.75 Å². The molecule has 0 aliphatic carbocycles. The van der Waals surface area contributed by atoms with Gasteiger partial charge >= 0.3 is 0 Å². The average Bonchev–Trinajstić information content (AvgIpc) is 3.02. The van der Waals surface area contributed by atoms with E-state index in [9.17, 15) is 4.79 Å². The molecule has 1 amide bonds. The van der Waals surface area contributed by atoms with Gasteiger partial charge in [0.05, 0.1) is 10.8 Å². The van der Waals surface area contributed by atoms with E-state index in [2.05, 4.69) is 15.5 Å². The summed E-state index contributed by atoms with van der Waals surface area (Å²) in [6, 6.07) is 12.5. The van der Waals surface area contributed by atoms with Crippen molar-refractivity contribution in [2.24, 2.45) is 7.05 Å². The van der Waals surface area contributed by atoms with Crippen LogP contribution < -0.4 is 10.1 Å². The second kappa shape index (κ2) is 9.32. The predicted octanol–water partition coefficient (Wildman–Crippen LogP) is 4.74. The van der Waals surface area contributed by atoms with Crippen molar-refractivity contribution in [3.63, 3.8) is 0 Å². The van der Waals surface area contributed by atoms with E-state index in [-0.39, 0.29) is 18.3 Å². The quantitative estimate of drug-likeness (QED) is 0.541. The minimum Gasteiger partial charge on any atom is -0.484 e. The molecule has 1 N–H and O–H groups in total. The van der Waals surface area contributed by atoms with Gasteiger partial charge in [0.1, 0.15) is 12.4 Å². The summed E-state index contributed by atoms with van der Waals surface area (Å²) in [6.45, 7) is 2.19. The van der Waals surface area contributed by atoms with E-state index < -0.39 is 0 Å². The second-order valence-corrected chi connectivity index (χ2v) is 7.81. The second-order valence-electron chi connectivity index (χ2n) is 6.02. The summed E-state index contributed by atoms with van der Waals surface area (Å²) in [5.74, 6) is 1.30. The molecular weight excluding hydrogens is 419 g/mol. The van der Waals surface area contributed by atoms with Crippen molar-refractivity contribution in [1.29, 1.82) is 0 Å². The molecule has 0 saturated heterocycles. The number of aromatic nitrogens is 3. The van der Waals surface area contributed by atoms with Gasteiger partial charge in [-0.25, -0.2) is 0 Å². The van der Waals surface area contributed by atoms with Crippen LogP contribution in [0, 0.1) is 6.92 Å². The maximum Gasteiger partial charge on any atom is 0.234 e. The molecule has 0 unspecified atom stereocenters. The van der Waals surface area contributed by atoms with E-state index in [1.807, 2.05) is 26.1 Å². The fraction of sp³-hybridized carbons (Fsp3) is 0.211. The van der Waals surface area contributed by atoms with E-state index in [4.69, 9.17) is 27.9 Å². The van der Waals surface area contributed by atoms with Gasteiger partial charge in [-0.3, -0.25) is 4.79 Å². The molecule has 3 rings (SSSR count). The normalized spacial score (nSPS) is 10.7. The van der Waals surface area contributed by atoms with Crippen LogP contribution in [0.25, 0.3) is 0 Å². The Labute approximate surface area is 177 Å². The smallest absolute Gasteiger partial charge is 0.234 e. The van der Waals surface area contributed by atoms with Crippen LogP contribution in [-0.2, 0) is 18.4 Å². The first kappa shape index (κ1) is 20.5. The van der Waals surface area contributed by atoms with Gasteiger partial charge in [0.15, 0.2) is 11.0 Å². The van der Waals surface area contributed by atoms with Crippen molar-refractivity contribution >= 4 is 46.6 Å². The Bertz CT molecular complexity index is 977. The summed E-state index contributed by atoms with van der Waals surface area (Å²) >= 11 is 13.3. The highest BCUT2D eigenvalue weighted by Gasteiger charge is 2.13. The number of nitrogens with one attached hydrogen (secondary N) is 1. The topological polar surface area (TPSA) is 69.0 Å². The molecule has 0 atom stereocenters. The molecule has 0 fully saturated rings.